The largest absolute Gasteiger partial charge is 0.491 e. The summed E-state index contributed by atoms with van der Waals surface area (Å²) in [5.74, 6) is 1.45. The van der Waals surface area contributed by atoms with Gasteiger partial charge in [0.25, 0.3) is 5.91 Å². The van der Waals surface area contributed by atoms with Gasteiger partial charge in [-0.1, -0.05) is 32.0 Å². The number of hydrogen-bond acceptors (Lipinski definition) is 4. The molecule has 5 heteroatoms. The predicted octanol–water partition coefficient (Wildman–Crippen LogP) is 4.32. The Morgan fingerprint density at radius 2 is 1.97 bits per heavy atom. The lowest BCUT2D eigenvalue weighted by molar-refractivity contribution is 0.0679. The molecule has 0 aromatic heterocycles. The summed E-state index contributed by atoms with van der Waals surface area (Å²) in [7, 11) is 0. The van der Waals surface area contributed by atoms with E-state index < -0.39 is 0 Å². The Balaban J connectivity index is 1.24. The second-order valence-corrected chi connectivity index (χ2v) is 9.83. The standard InChI is InChI=1S/C28H38N2O3/c1-20(2)18-29-14-13-21-5-6-24-17-25(10-7-23(24)16-21)30-28(31)22-8-11-26(12-9-22)33-19-27-4-3-15-32-27/h5-6,8-9,11-12,16,20,25,27,29H,3-4,7,10,13-15,17-19H2,1-2H3,(H,30,31)/t25-,27-/m0/s1. The Morgan fingerprint density at radius 1 is 1.12 bits per heavy atom. The highest BCUT2D eigenvalue weighted by molar-refractivity contribution is 5.94. The number of aryl methyl sites for hydroxylation is 1. The van der Waals surface area contributed by atoms with Crippen molar-refractivity contribution < 1.29 is 14.3 Å². The van der Waals surface area contributed by atoms with Crippen LogP contribution in [0.1, 0.15) is 60.2 Å². The van der Waals surface area contributed by atoms with Gasteiger partial charge in [-0.05, 0) is 98.5 Å². The van der Waals surface area contributed by atoms with Crippen LogP contribution in [0.4, 0.5) is 0 Å². The molecule has 1 saturated heterocycles. The molecule has 2 N–H and O–H groups in total. The SMILES string of the molecule is CC(C)CNCCc1ccc2c(c1)CC[C@H](NC(=O)c1ccc(OC[C@@H]3CCCO3)cc1)C2. The van der Waals surface area contributed by atoms with Crippen LogP contribution in [0.15, 0.2) is 42.5 Å². The molecule has 1 amide bonds. The number of benzene rings is 2. The maximum atomic E-state index is 12.8. The molecule has 178 valence electrons. The average Bonchev–Trinajstić information content (AvgIpc) is 3.34. The van der Waals surface area contributed by atoms with Crippen molar-refractivity contribution in [2.24, 2.45) is 5.92 Å². The van der Waals surface area contributed by atoms with E-state index >= 15 is 0 Å². The maximum absolute atomic E-state index is 12.8. The third-order valence-corrected chi connectivity index (χ3v) is 6.55. The molecule has 2 aromatic carbocycles. The Hall–Kier alpha value is -2.37. The minimum atomic E-state index is -0.0121. The number of carbonyl (C=O) groups is 1. The van der Waals surface area contributed by atoms with Crippen LogP contribution in [0.2, 0.25) is 0 Å². The van der Waals surface area contributed by atoms with Gasteiger partial charge in [0.15, 0.2) is 0 Å². The van der Waals surface area contributed by atoms with Crippen LogP contribution in [0, 0.1) is 5.92 Å². The number of rotatable bonds is 10. The fraction of sp³-hybridized carbons (Fsp3) is 0.536. The Labute approximate surface area is 198 Å². The number of fused-ring (bicyclic) bond motifs is 1. The zero-order valence-corrected chi connectivity index (χ0v) is 20.1. The fourth-order valence-corrected chi connectivity index (χ4v) is 4.65. The van der Waals surface area contributed by atoms with Crippen molar-refractivity contribution in [3.8, 4) is 5.75 Å². The molecular formula is C28H38N2O3. The van der Waals surface area contributed by atoms with E-state index in [1.165, 1.54) is 16.7 Å². The minimum Gasteiger partial charge on any atom is -0.491 e. The van der Waals surface area contributed by atoms with Crippen molar-refractivity contribution in [3.63, 3.8) is 0 Å². The summed E-state index contributed by atoms with van der Waals surface area (Å²) in [4.78, 5) is 12.8. The molecule has 2 atom stereocenters. The normalized spacial score (nSPS) is 20.0. The molecule has 33 heavy (non-hydrogen) atoms. The summed E-state index contributed by atoms with van der Waals surface area (Å²) < 4.78 is 11.4. The molecule has 0 spiro atoms. The van der Waals surface area contributed by atoms with Crippen LogP contribution in [-0.4, -0.2) is 44.4 Å². The van der Waals surface area contributed by atoms with Crippen LogP contribution >= 0.6 is 0 Å². The lowest BCUT2D eigenvalue weighted by Gasteiger charge is -2.26. The van der Waals surface area contributed by atoms with Gasteiger partial charge in [0, 0.05) is 18.2 Å². The van der Waals surface area contributed by atoms with Crippen molar-refractivity contribution in [2.75, 3.05) is 26.3 Å². The van der Waals surface area contributed by atoms with Gasteiger partial charge in [-0.3, -0.25) is 4.79 Å². The summed E-state index contributed by atoms with van der Waals surface area (Å²) in [5, 5.41) is 6.75. The van der Waals surface area contributed by atoms with Gasteiger partial charge in [0.05, 0.1) is 6.10 Å². The number of ether oxygens (including phenoxy) is 2. The summed E-state index contributed by atoms with van der Waals surface area (Å²) in [6.07, 6.45) is 6.32. The summed E-state index contributed by atoms with van der Waals surface area (Å²) in [5.41, 5.74) is 4.88. The monoisotopic (exact) mass is 450 g/mol. The van der Waals surface area contributed by atoms with Gasteiger partial charge in [-0.25, -0.2) is 0 Å². The van der Waals surface area contributed by atoms with Gasteiger partial charge in [-0.15, -0.1) is 0 Å². The predicted molar refractivity (Wildman–Crippen MR) is 132 cm³/mol. The second-order valence-electron chi connectivity index (χ2n) is 9.83. The number of amides is 1. The van der Waals surface area contributed by atoms with Crippen LogP contribution in [0.25, 0.3) is 0 Å². The molecule has 4 rings (SSSR count). The molecule has 1 fully saturated rings. The fourth-order valence-electron chi connectivity index (χ4n) is 4.65. The van der Waals surface area contributed by atoms with E-state index in [2.05, 4.69) is 42.7 Å². The van der Waals surface area contributed by atoms with E-state index in [4.69, 9.17) is 9.47 Å². The molecule has 0 unspecified atom stereocenters. The van der Waals surface area contributed by atoms with E-state index in [0.29, 0.717) is 18.1 Å². The van der Waals surface area contributed by atoms with Crippen LogP contribution in [0.5, 0.6) is 5.75 Å². The van der Waals surface area contributed by atoms with Crippen molar-refractivity contribution in [3.05, 3.63) is 64.7 Å². The first kappa shape index (κ1) is 23.8. The molecule has 2 aliphatic rings. The maximum Gasteiger partial charge on any atom is 0.251 e. The topological polar surface area (TPSA) is 59.6 Å². The third-order valence-electron chi connectivity index (χ3n) is 6.55. The summed E-state index contributed by atoms with van der Waals surface area (Å²) in [6.45, 7) is 7.96. The van der Waals surface area contributed by atoms with Crippen LogP contribution < -0.4 is 15.4 Å². The first-order chi connectivity index (χ1) is 16.1. The zero-order valence-electron chi connectivity index (χ0n) is 20.1. The smallest absolute Gasteiger partial charge is 0.251 e. The molecule has 1 aliphatic carbocycles. The zero-order chi connectivity index (χ0) is 23.0. The van der Waals surface area contributed by atoms with E-state index in [9.17, 15) is 4.79 Å². The average molecular weight is 451 g/mol. The van der Waals surface area contributed by atoms with Gasteiger partial charge in [0.2, 0.25) is 0 Å². The highest BCUT2D eigenvalue weighted by atomic mass is 16.5. The Bertz CT molecular complexity index is 904. The summed E-state index contributed by atoms with van der Waals surface area (Å²) in [6, 6.07) is 14.5. The second kappa shape index (κ2) is 11.7. The number of hydrogen-bond donors (Lipinski definition) is 2. The number of nitrogens with one attached hydrogen (secondary N) is 2. The Morgan fingerprint density at radius 3 is 2.73 bits per heavy atom. The molecule has 5 nitrogen and oxygen atoms in total. The van der Waals surface area contributed by atoms with Gasteiger partial charge in [0.1, 0.15) is 12.4 Å². The highest BCUT2D eigenvalue weighted by Crippen LogP contribution is 2.24. The van der Waals surface area contributed by atoms with Gasteiger partial charge in [-0.2, -0.15) is 0 Å². The Kier molecular flexibility index (Phi) is 8.40. The molecule has 0 saturated carbocycles. The van der Waals surface area contributed by atoms with Crippen molar-refractivity contribution in [2.45, 2.75) is 64.5 Å². The molecule has 1 aliphatic heterocycles. The van der Waals surface area contributed by atoms with E-state index in [0.717, 1.165) is 64.0 Å². The minimum absolute atomic E-state index is 0.0121. The number of carbonyl (C=O) groups excluding carboxylic acids is 1. The lowest BCUT2D eigenvalue weighted by atomic mass is 9.86. The summed E-state index contributed by atoms with van der Waals surface area (Å²) >= 11 is 0. The first-order valence-electron chi connectivity index (χ1n) is 12.5. The third kappa shape index (κ3) is 7.05. The van der Waals surface area contributed by atoms with Gasteiger partial charge < -0.3 is 20.1 Å². The van der Waals surface area contributed by atoms with Crippen molar-refractivity contribution in [1.82, 2.24) is 10.6 Å². The molecular weight excluding hydrogens is 412 g/mol. The molecule has 1 heterocycles. The van der Waals surface area contributed by atoms with E-state index in [1.54, 1.807) is 0 Å². The molecule has 0 bridgehead atoms. The molecule has 2 aromatic rings. The quantitative estimate of drug-likeness (QED) is 0.530. The van der Waals surface area contributed by atoms with E-state index in [-0.39, 0.29) is 18.1 Å². The first-order valence-corrected chi connectivity index (χ1v) is 12.5. The highest BCUT2D eigenvalue weighted by Gasteiger charge is 2.21. The van der Waals surface area contributed by atoms with E-state index in [1.807, 2.05) is 24.3 Å². The van der Waals surface area contributed by atoms with Crippen molar-refractivity contribution in [1.29, 1.82) is 0 Å². The molecule has 0 radical (unpaired) electrons. The van der Waals surface area contributed by atoms with Crippen LogP contribution in [0.3, 0.4) is 0 Å². The van der Waals surface area contributed by atoms with Gasteiger partial charge >= 0.3 is 0 Å². The lowest BCUT2D eigenvalue weighted by Crippen LogP contribution is -2.38. The van der Waals surface area contributed by atoms with Crippen LogP contribution in [-0.2, 0) is 24.0 Å². The van der Waals surface area contributed by atoms with Crippen molar-refractivity contribution >= 4 is 5.91 Å².